The Morgan fingerprint density at radius 2 is 1.80 bits per heavy atom. The van der Waals surface area contributed by atoms with Gasteiger partial charge in [-0.2, -0.15) is 0 Å². The van der Waals surface area contributed by atoms with Crippen LogP contribution in [0.1, 0.15) is 82.5 Å². The Bertz CT molecular complexity index is 455. The number of aryl methyl sites for hydroxylation is 1. The molecule has 3 nitrogen and oxygen atoms in total. The summed E-state index contributed by atoms with van der Waals surface area (Å²) in [6, 6.07) is 0. The molecule has 0 saturated heterocycles. The van der Waals surface area contributed by atoms with E-state index in [2.05, 4.69) is 30.7 Å². The average Bonchev–Trinajstić information content (AvgIpc) is 2.37. The molecule has 1 unspecified atom stereocenters. The summed E-state index contributed by atoms with van der Waals surface area (Å²) in [7, 11) is 0. The lowest BCUT2D eigenvalue weighted by atomic mass is 9.69. The minimum Gasteiger partial charge on any atom is -0.389 e. The summed E-state index contributed by atoms with van der Waals surface area (Å²) in [5, 5.41) is 9.65. The van der Waals surface area contributed by atoms with Gasteiger partial charge in [-0.05, 0) is 50.9 Å². The molecule has 3 heteroatoms. The maximum atomic E-state index is 9.65. The van der Waals surface area contributed by atoms with E-state index in [9.17, 15) is 5.11 Å². The summed E-state index contributed by atoms with van der Waals surface area (Å²) in [5.74, 6) is 2.28. The zero-order valence-electron chi connectivity index (χ0n) is 13.5. The number of rotatable bonds is 2. The Balaban J connectivity index is 2.06. The molecule has 1 aliphatic carbocycles. The monoisotopic (exact) mass is 276 g/mol. The van der Waals surface area contributed by atoms with Crippen LogP contribution in [0.4, 0.5) is 0 Å². The van der Waals surface area contributed by atoms with Crippen LogP contribution in [-0.4, -0.2) is 15.1 Å². The first-order chi connectivity index (χ1) is 9.29. The molecule has 0 aliphatic heterocycles. The van der Waals surface area contributed by atoms with Gasteiger partial charge in [0.2, 0.25) is 0 Å². The summed E-state index contributed by atoms with van der Waals surface area (Å²) >= 11 is 0. The van der Waals surface area contributed by atoms with Crippen LogP contribution in [0.5, 0.6) is 0 Å². The van der Waals surface area contributed by atoms with Crippen LogP contribution in [0.25, 0.3) is 0 Å². The van der Waals surface area contributed by atoms with E-state index < -0.39 is 6.10 Å². The summed E-state index contributed by atoms with van der Waals surface area (Å²) in [6.07, 6.45) is 6.24. The summed E-state index contributed by atoms with van der Waals surface area (Å²) in [5.41, 5.74) is 2.18. The number of hydrogen-bond donors (Lipinski definition) is 1. The van der Waals surface area contributed by atoms with Crippen molar-refractivity contribution in [3.8, 4) is 0 Å². The van der Waals surface area contributed by atoms with Gasteiger partial charge < -0.3 is 5.11 Å². The molecule has 0 radical (unpaired) electrons. The average molecular weight is 276 g/mol. The van der Waals surface area contributed by atoms with Gasteiger partial charge >= 0.3 is 0 Å². The van der Waals surface area contributed by atoms with E-state index in [4.69, 9.17) is 0 Å². The van der Waals surface area contributed by atoms with Crippen molar-refractivity contribution in [1.82, 2.24) is 9.97 Å². The van der Waals surface area contributed by atoms with E-state index in [0.29, 0.717) is 11.3 Å². The van der Waals surface area contributed by atoms with E-state index in [1.807, 2.05) is 6.92 Å². The number of aliphatic hydroxyl groups excluding tert-OH is 1. The van der Waals surface area contributed by atoms with Crippen molar-refractivity contribution in [3.05, 3.63) is 23.3 Å². The van der Waals surface area contributed by atoms with Crippen LogP contribution in [0.15, 0.2) is 6.20 Å². The van der Waals surface area contributed by atoms with E-state index in [1.165, 1.54) is 25.7 Å². The fourth-order valence-electron chi connectivity index (χ4n) is 3.32. The number of hydrogen-bond acceptors (Lipinski definition) is 3. The highest BCUT2D eigenvalue weighted by Gasteiger charge is 2.31. The molecule has 0 aromatic carbocycles. The molecule has 1 saturated carbocycles. The smallest absolute Gasteiger partial charge is 0.131 e. The molecule has 1 atom stereocenters. The van der Waals surface area contributed by atoms with Crippen molar-refractivity contribution in [2.45, 2.75) is 72.3 Å². The normalized spacial score (nSPS) is 25.5. The molecule has 1 heterocycles. The topological polar surface area (TPSA) is 46.0 Å². The Morgan fingerprint density at radius 1 is 1.20 bits per heavy atom. The van der Waals surface area contributed by atoms with Gasteiger partial charge in [-0.15, -0.1) is 0 Å². The Morgan fingerprint density at radius 3 is 2.25 bits per heavy atom. The molecular weight excluding hydrogens is 248 g/mol. The zero-order chi connectivity index (χ0) is 14.9. The molecule has 2 rings (SSSR count). The highest BCUT2D eigenvalue weighted by molar-refractivity contribution is 5.19. The van der Waals surface area contributed by atoms with Crippen LogP contribution in [0.2, 0.25) is 0 Å². The second-order valence-electron chi connectivity index (χ2n) is 7.36. The fourth-order valence-corrected chi connectivity index (χ4v) is 3.32. The predicted octanol–water partition coefficient (Wildman–Crippen LogP) is 4.16. The molecule has 1 fully saturated rings. The summed E-state index contributed by atoms with van der Waals surface area (Å²) in [4.78, 5) is 9.13. The van der Waals surface area contributed by atoms with Gasteiger partial charge in [0.25, 0.3) is 0 Å². The van der Waals surface area contributed by atoms with Crippen molar-refractivity contribution in [3.63, 3.8) is 0 Å². The number of nitrogens with zero attached hydrogens (tertiary/aromatic N) is 2. The summed E-state index contributed by atoms with van der Waals surface area (Å²) in [6.45, 7) is 10.8. The van der Waals surface area contributed by atoms with E-state index in [1.54, 1.807) is 13.1 Å². The van der Waals surface area contributed by atoms with Crippen molar-refractivity contribution < 1.29 is 5.11 Å². The van der Waals surface area contributed by atoms with Crippen molar-refractivity contribution in [1.29, 1.82) is 0 Å². The van der Waals surface area contributed by atoms with Gasteiger partial charge in [-0.1, -0.05) is 20.8 Å². The fraction of sp³-hybridized carbons (Fsp3) is 0.765. The molecule has 20 heavy (non-hydrogen) atoms. The third-order valence-corrected chi connectivity index (χ3v) is 4.80. The van der Waals surface area contributed by atoms with E-state index in [-0.39, 0.29) is 0 Å². The van der Waals surface area contributed by atoms with Crippen molar-refractivity contribution >= 4 is 0 Å². The first-order valence-corrected chi connectivity index (χ1v) is 7.80. The second-order valence-corrected chi connectivity index (χ2v) is 7.36. The largest absolute Gasteiger partial charge is 0.389 e. The second kappa shape index (κ2) is 5.80. The third kappa shape index (κ3) is 3.38. The highest BCUT2D eigenvalue weighted by atomic mass is 16.3. The van der Waals surface area contributed by atoms with Gasteiger partial charge in [0.05, 0.1) is 6.10 Å². The maximum Gasteiger partial charge on any atom is 0.131 e. The third-order valence-electron chi connectivity index (χ3n) is 4.80. The van der Waals surface area contributed by atoms with E-state index in [0.717, 1.165) is 23.0 Å². The van der Waals surface area contributed by atoms with Crippen LogP contribution in [0, 0.1) is 18.3 Å². The van der Waals surface area contributed by atoms with Crippen LogP contribution >= 0.6 is 0 Å². The predicted molar refractivity (Wildman–Crippen MR) is 81.6 cm³/mol. The molecule has 0 spiro atoms. The molecule has 1 aromatic heterocycles. The quantitative estimate of drug-likeness (QED) is 0.882. The lowest BCUT2D eigenvalue weighted by molar-refractivity contribution is 0.167. The minimum atomic E-state index is -0.485. The van der Waals surface area contributed by atoms with Gasteiger partial charge in [0.1, 0.15) is 5.82 Å². The zero-order valence-corrected chi connectivity index (χ0v) is 13.5. The van der Waals surface area contributed by atoms with Gasteiger partial charge in [-0.25, -0.2) is 9.97 Å². The lowest BCUT2D eigenvalue weighted by Crippen LogP contribution is -2.26. The molecule has 112 valence electrons. The molecule has 1 aliphatic rings. The Kier molecular flexibility index (Phi) is 4.48. The van der Waals surface area contributed by atoms with Crippen molar-refractivity contribution in [2.24, 2.45) is 11.3 Å². The number of aromatic nitrogens is 2. The Labute approximate surface area is 122 Å². The minimum absolute atomic E-state index is 0.415. The van der Waals surface area contributed by atoms with Gasteiger partial charge in [0, 0.05) is 23.4 Å². The van der Waals surface area contributed by atoms with Crippen LogP contribution in [0.3, 0.4) is 0 Å². The number of aliphatic hydroxyl groups is 1. The first kappa shape index (κ1) is 15.4. The summed E-state index contributed by atoms with van der Waals surface area (Å²) < 4.78 is 0. The first-order valence-electron chi connectivity index (χ1n) is 7.80. The van der Waals surface area contributed by atoms with E-state index >= 15 is 0 Å². The molecule has 0 bridgehead atoms. The highest BCUT2D eigenvalue weighted by Crippen LogP contribution is 2.42. The molecule has 1 N–H and O–H groups in total. The van der Waals surface area contributed by atoms with Crippen molar-refractivity contribution in [2.75, 3.05) is 0 Å². The standard InChI is InChI=1S/C17H28N2O/c1-11-15(12(2)20)10-18-16(19-11)13-6-8-14(9-7-13)17(3,4)5/h10,12-14,20H,6-9H2,1-5H3. The SMILES string of the molecule is Cc1nc(C2CCC(C(C)(C)C)CC2)ncc1C(C)O. The van der Waals surface area contributed by atoms with Gasteiger partial charge in [-0.3, -0.25) is 0 Å². The maximum absolute atomic E-state index is 9.65. The van der Waals surface area contributed by atoms with Gasteiger partial charge in [0.15, 0.2) is 0 Å². The Hall–Kier alpha value is -0.960. The molecule has 0 amide bonds. The van der Waals surface area contributed by atoms with Crippen LogP contribution in [-0.2, 0) is 0 Å². The van der Waals surface area contributed by atoms with Crippen LogP contribution < -0.4 is 0 Å². The lowest BCUT2D eigenvalue weighted by Gasteiger charge is -2.36. The molecule has 1 aromatic rings. The molecular formula is C17H28N2O.